The zero-order valence-electron chi connectivity index (χ0n) is 19.4. The van der Waals surface area contributed by atoms with Crippen molar-refractivity contribution in [3.8, 4) is 5.75 Å². The van der Waals surface area contributed by atoms with Gasteiger partial charge >= 0.3 is 0 Å². The van der Waals surface area contributed by atoms with E-state index in [0.29, 0.717) is 22.6 Å². The molecule has 4 rings (SSSR count). The predicted molar refractivity (Wildman–Crippen MR) is 132 cm³/mol. The van der Waals surface area contributed by atoms with Crippen LogP contribution in [-0.4, -0.2) is 17.9 Å². The van der Waals surface area contributed by atoms with E-state index in [9.17, 15) is 9.59 Å². The molecule has 168 valence electrons. The molecule has 0 saturated carbocycles. The molecule has 5 nitrogen and oxygen atoms in total. The van der Waals surface area contributed by atoms with Gasteiger partial charge in [-0.3, -0.25) is 9.59 Å². The Morgan fingerprint density at radius 3 is 2.06 bits per heavy atom. The van der Waals surface area contributed by atoms with Crippen LogP contribution >= 0.6 is 0 Å². The number of hydrogen-bond donors (Lipinski definition) is 1. The van der Waals surface area contributed by atoms with Crippen molar-refractivity contribution in [3.63, 3.8) is 0 Å². The number of amides is 2. The summed E-state index contributed by atoms with van der Waals surface area (Å²) in [5, 5.41) is 3.20. The van der Waals surface area contributed by atoms with Crippen LogP contribution in [0.4, 0.5) is 11.4 Å². The second-order valence-electron chi connectivity index (χ2n) is 8.40. The lowest BCUT2D eigenvalue weighted by atomic mass is 10.0. The molecule has 0 aliphatic carbocycles. The number of carbonyl (C=O) groups is 2. The van der Waals surface area contributed by atoms with Crippen LogP contribution in [0.2, 0.25) is 0 Å². The maximum Gasteiger partial charge on any atom is 0.282 e. The number of carbonyl (C=O) groups excluding carboxylic acids is 2. The highest BCUT2D eigenvalue weighted by Crippen LogP contribution is 2.34. The second kappa shape index (κ2) is 9.33. The number of aryl methyl sites for hydroxylation is 2. The summed E-state index contributed by atoms with van der Waals surface area (Å²) in [5.74, 6) is -0.00936. The average molecular weight is 441 g/mol. The number of hydrogen-bond acceptors (Lipinski definition) is 4. The van der Waals surface area contributed by atoms with E-state index in [0.717, 1.165) is 23.2 Å². The highest BCUT2D eigenvalue weighted by molar-refractivity contribution is 6.46. The minimum atomic E-state index is -0.373. The van der Waals surface area contributed by atoms with Crippen molar-refractivity contribution in [1.82, 2.24) is 0 Å². The molecule has 0 unspecified atom stereocenters. The van der Waals surface area contributed by atoms with Gasteiger partial charge in [0, 0.05) is 5.69 Å². The molecule has 3 aromatic carbocycles. The Bertz CT molecular complexity index is 1190. The SMILES string of the molecule is CCc1ccc(N2C(=O)C(Nc3ccc(C)cc3)=C(c3ccc(OC(C)C)cc3)C2=O)cc1. The van der Waals surface area contributed by atoms with E-state index in [1.807, 2.05) is 93.6 Å². The number of nitrogens with zero attached hydrogens (tertiary/aromatic N) is 1. The third kappa shape index (κ3) is 4.67. The lowest BCUT2D eigenvalue weighted by Crippen LogP contribution is -2.32. The first kappa shape index (κ1) is 22.3. The summed E-state index contributed by atoms with van der Waals surface area (Å²) in [4.78, 5) is 28.3. The van der Waals surface area contributed by atoms with E-state index in [1.54, 1.807) is 0 Å². The largest absolute Gasteiger partial charge is 0.491 e. The van der Waals surface area contributed by atoms with Gasteiger partial charge in [0.05, 0.1) is 17.4 Å². The molecule has 0 saturated heterocycles. The Morgan fingerprint density at radius 2 is 1.48 bits per heavy atom. The van der Waals surface area contributed by atoms with E-state index >= 15 is 0 Å². The average Bonchev–Trinajstić information content (AvgIpc) is 3.05. The number of imide groups is 1. The third-order valence-corrected chi connectivity index (χ3v) is 5.52. The molecule has 0 aromatic heterocycles. The van der Waals surface area contributed by atoms with Crippen LogP contribution in [0.15, 0.2) is 78.5 Å². The summed E-state index contributed by atoms with van der Waals surface area (Å²) in [6, 6.07) is 22.5. The van der Waals surface area contributed by atoms with Gasteiger partial charge in [0.15, 0.2) is 0 Å². The highest BCUT2D eigenvalue weighted by atomic mass is 16.5. The summed E-state index contributed by atoms with van der Waals surface area (Å²) in [5.41, 5.74) is 4.83. The quantitative estimate of drug-likeness (QED) is 0.476. The number of ether oxygens (including phenoxy) is 1. The summed E-state index contributed by atoms with van der Waals surface area (Å²) in [6.07, 6.45) is 0.932. The van der Waals surface area contributed by atoms with E-state index in [2.05, 4.69) is 12.2 Å². The summed E-state index contributed by atoms with van der Waals surface area (Å²) >= 11 is 0. The van der Waals surface area contributed by atoms with Gasteiger partial charge in [-0.05, 0) is 74.7 Å². The Kier molecular flexibility index (Phi) is 6.31. The molecule has 0 radical (unpaired) electrons. The summed E-state index contributed by atoms with van der Waals surface area (Å²) in [6.45, 7) is 7.99. The summed E-state index contributed by atoms with van der Waals surface area (Å²) in [7, 11) is 0. The van der Waals surface area contributed by atoms with E-state index in [-0.39, 0.29) is 23.6 Å². The number of benzene rings is 3. The molecule has 1 aliphatic rings. The third-order valence-electron chi connectivity index (χ3n) is 5.52. The maximum atomic E-state index is 13.6. The van der Waals surface area contributed by atoms with Crippen LogP contribution in [0.3, 0.4) is 0 Å². The lowest BCUT2D eigenvalue weighted by Gasteiger charge is -2.16. The van der Waals surface area contributed by atoms with Crippen molar-refractivity contribution in [1.29, 1.82) is 0 Å². The molecule has 5 heteroatoms. The van der Waals surface area contributed by atoms with Gasteiger partial charge in [-0.15, -0.1) is 0 Å². The van der Waals surface area contributed by atoms with Crippen LogP contribution in [0.25, 0.3) is 5.57 Å². The zero-order valence-corrected chi connectivity index (χ0v) is 19.4. The molecular weight excluding hydrogens is 412 g/mol. The molecule has 0 fully saturated rings. The van der Waals surface area contributed by atoms with Gasteiger partial charge in [-0.1, -0.05) is 48.9 Å². The zero-order chi connectivity index (χ0) is 23.5. The first-order valence-electron chi connectivity index (χ1n) is 11.2. The van der Waals surface area contributed by atoms with Crippen molar-refractivity contribution in [3.05, 3.63) is 95.2 Å². The van der Waals surface area contributed by atoms with Gasteiger partial charge in [0.2, 0.25) is 0 Å². The van der Waals surface area contributed by atoms with Crippen molar-refractivity contribution < 1.29 is 14.3 Å². The van der Waals surface area contributed by atoms with Crippen molar-refractivity contribution in [2.24, 2.45) is 0 Å². The smallest absolute Gasteiger partial charge is 0.282 e. The molecule has 1 aliphatic heterocycles. The van der Waals surface area contributed by atoms with Crippen molar-refractivity contribution >= 4 is 28.8 Å². The number of rotatable bonds is 7. The summed E-state index contributed by atoms with van der Waals surface area (Å²) < 4.78 is 5.73. The van der Waals surface area contributed by atoms with Gasteiger partial charge < -0.3 is 10.1 Å². The predicted octanol–water partition coefficient (Wildman–Crippen LogP) is 5.74. The fourth-order valence-corrected chi connectivity index (χ4v) is 3.78. The highest BCUT2D eigenvalue weighted by Gasteiger charge is 2.40. The van der Waals surface area contributed by atoms with Crippen LogP contribution in [0, 0.1) is 6.92 Å². The molecule has 33 heavy (non-hydrogen) atoms. The van der Waals surface area contributed by atoms with E-state index < -0.39 is 0 Å². The van der Waals surface area contributed by atoms with Crippen LogP contribution in [0.1, 0.15) is 37.5 Å². The van der Waals surface area contributed by atoms with E-state index in [4.69, 9.17) is 4.74 Å². The molecular formula is C28H28N2O3. The van der Waals surface area contributed by atoms with Crippen LogP contribution in [0.5, 0.6) is 5.75 Å². The molecule has 0 atom stereocenters. The monoisotopic (exact) mass is 440 g/mol. The fourth-order valence-electron chi connectivity index (χ4n) is 3.78. The topological polar surface area (TPSA) is 58.6 Å². The van der Waals surface area contributed by atoms with E-state index in [1.165, 1.54) is 4.90 Å². The Balaban J connectivity index is 1.75. The number of anilines is 2. The number of nitrogens with one attached hydrogen (secondary N) is 1. The molecule has 1 heterocycles. The molecule has 2 amide bonds. The van der Waals surface area contributed by atoms with Gasteiger partial charge in [0.25, 0.3) is 11.8 Å². The second-order valence-corrected chi connectivity index (χ2v) is 8.40. The molecule has 1 N–H and O–H groups in total. The fraction of sp³-hybridized carbons (Fsp3) is 0.214. The Morgan fingerprint density at radius 1 is 0.848 bits per heavy atom. The van der Waals surface area contributed by atoms with Crippen LogP contribution < -0.4 is 15.0 Å². The van der Waals surface area contributed by atoms with Gasteiger partial charge in [0.1, 0.15) is 11.4 Å². The minimum Gasteiger partial charge on any atom is -0.491 e. The molecule has 3 aromatic rings. The molecule has 0 spiro atoms. The Hall–Kier alpha value is -3.86. The molecule has 0 bridgehead atoms. The standard InChI is InChI=1S/C28H28N2O3/c1-5-20-8-14-23(15-9-20)30-27(31)25(21-10-16-24(17-11-21)33-18(2)3)26(28(30)32)29-22-12-6-19(4)7-13-22/h6-18,29H,5H2,1-4H3. The maximum absolute atomic E-state index is 13.6. The Labute approximate surface area is 194 Å². The van der Waals surface area contributed by atoms with Gasteiger partial charge in [-0.2, -0.15) is 0 Å². The van der Waals surface area contributed by atoms with Crippen molar-refractivity contribution in [2.75, 3.05) is 10.2 Å². The van der Waals surface area contributed by atoms with Gasteiger partial charge in [-0.25, -0.2) is 4.90 Å². The first-order valence-corrected chi connectivity index (χ1v) is 11.2. The first-order chi connectivity index (χ1) is 15.9. The van der Waals surface area contributed by atoms with Crippen LogP contribution in [-0.2, 0) is 16.0 Å². The minimum absolute atomic E-state index is 0.0464. The lowest BCUT2D eigenvalue weighted by molar-refractivity contribution is -0.120. The normalized spacial score (nSPS) is 13.8. The van der Waals surface area contributed by atoms with Crippen molar-refractivity contribution in [2.45, 2.75) is 40.2 Å².